The zero-order valence-electron chi connectivity index (χ0n) is 10.8. The zero-order valence-corrected chi connectivity index (χ0v) is 10.8. The van der Waals surface area contributed by atoms with Gasteiger partial charge < -0.3 is 10.2 Å². The first-order valence-corrected chi connectivity index (χ1v) is 6.37. The third-order valence-corrected chi connectivity index (χ3v) is 2.98. The smallest absolute Gasteiger partial charge is 0.236 e. The topological polar surface area (TPSA) is 35.6 Å². The van der Waals surface area contributed by atoms with E-state index >= 15 is 0 Å². The van der Waals surface area contributed by atoms with Gasteiger partial charge in [-0.1, -0.05) is 6.92 Å². The van der Waals surface area contributed by atoms with Gasteiger partial charge in [0.2, 0.25) is 5.91 Å². The number of nitrogens with zero attached hydrogens (tertiary/aromatic N) is 2. The van der Waals surface area contributed by atoms with Crippen LogP contribution in [0.5, 0.6) is 0 Å². The fraction of sp³-hybridized carbons (Fsp3) is 0.917. The molecule has 1 fully saturated rings. The Labute approximate surface area is 99.0 Å². The van der Waals surface area contributed by atoms with Gasteiger partial charge in [0.15, 0.2) is 0 Å². The average Bonchev–Trinajstić information content (AvgIpc) is 2.26. The van der Waals surface area contributed by atoms with Crippen molar-refractivity contribution in [2.45, 2.75) is 33.2 Å². The minimum absolute atomic E-state index is 0.277. The van der Waals surface area contributed by atoms with Crippen LogP contribution in [0.15, 0.2) is 0 Å². The van der Waals surface area contributed by atoms with Crippen molar-refractivity contribution in [3.63, 3.8) is 0 Å². The maximum Gasteiger partial charge on any atom is 0.236 e. The van der Waals surface area contributed by atoms with Gasteiger partial charge in [-0.25, -0.2) is 0 Å². The van der Waals surface area contributed by atoms with Crippen molar-refractivity contribution in [3.8, 4) is 0 Å². The third-order valence-electron chi connectivity index (χ3n) is 2.98. The molecule has 4 nitrogen and oxygen atoms in total. The van der Waals surface area contributed by atoms with Crippen molar-refractivity contribution in [1.29, 1.82) is 0 Å². The van der Waals surface area contributed by atoms with E-state index in [2.05, 4.69) is 31.0 Å². The van der Waals surface area contributed by atoms with Crippen molar-refractivity contribution in [1.82, 2.24) is 15.1 Å². The highest BCUT2D eigenvalue weighted by Crippen LogP contribution is 2.03. The van der Waals surface area contributed by atoms with E-state index in [0.29, 0.717) is 12.6 Å². The molecule has 1 heterocycles. The summed E-state index contributed by atoms with van der Waals surface area (Å²) in [6.07, 6.45) is 1.03. The first-order valence-electron chi connectivity index (χ1n) is 6.37. The van der Waals surface area contributed by atoms with Crippen LogP contribution in [0, 0.1) is 0 Å². The second-order valence-electron chi connectivity index (χ2n) is 4.71. The van der Waals surface area contributed by atoms with E-state index in [-0.39, 0.29) is 5.91 Å². The molecule has 0 spiro atoms. The molecule has 4 heteroatoms. The van der Waals surface area contributed by atoms with Gasteiger partial charge >= 0.3 is 0 Å². The molecule has 0 aliphatic carbocycles. The second kappa shape index (κ2) is 6.86. The number of piperazine rings is 1. The summed E-state index contributed by atoms with van der Waals surface area (Å²) >= 11 is 0. The van der Waals surface area contributed by atoms with Gasteiger partial charge in [0.1, 0.15) is 0 Å². The first kappa shape index (κ1) is 13.5. The van der Waals surface area contributed by atoms with Crippen LogP contribution >= 0.6 is 0 Å². The normalized spacial score (nSPS) is 17.8. The number of amides is 1. The summed E-state index contributed by atoms with van der Waals surface area (Å²) in [4.78, 5) is 16.3. The highest BCUT2D eigenvalue weighted by Gasteiger charge is 2.19. The van der Waals surface area contributed by atoms with Gasteiger partial charge in [-0.3, -0.25) is 9.69 Å². The molecule has 1 saturated heterocycles. The van der Waals surface area contributed by atoms with E-state index in [9.17, 15) is 4.79 Å². The van der Waals surface area contributed by atoms with Crippen molar-refractivity contribution in [2.24, 2.45) is 0 Å². The first-order chi connectivity index (χ1) is 7.65. The van der Waals surface area contributed by atoms with E-state index < -0.39 is 0 Å². The summed E-state index contributed by atoms with van der Waals surface area (Å²) in [6.45, 7) is 11.7. The predicted molar refractivity (Wildman–Crippen MR) is 66.4 cm³/mol. The van der Waals surface area contributed by atoms with Crippen molar-refractivity contribution >= 4 is 5.91 Å². The van der Waals surface area contributed by atoms with Crippen LogP contribution < -0.4 is 5.32 Å². The minimum Gasteiger partial charge on any atom is -0.339 e. The fourth-order valence-corrected chi connectivity index (χ4v) is 2.06. The molecule has 0 aromatic heterocycles. The van der Waals surface area contributed by atoms with Gasteiger partial charge in [0, 0.05) is 38.8 Å². The number of nitrogens with one attached hydrogen (secondary N) is 1. The maximum absolute atomic E-state index is 12.1. The molecular weight excluding hydrogens is 202 g/mol. The number of rotatable bonds is 5. The standard InChI is InChI=1S/C12H25N3O/c1-4-7-15(11(2)3)12(16)10-14-8-5-13-6-9-14/h11,13H,4-10H2,1-3H3. The van der Waals surface area contributed by atoms with Gasteiger partial charge in [0.25, 0.3) is 0 Å². The molecule has 0 atom stereocenters. The molecule has 0 aromatic rings. The Hall–Kier alpha value is -0.610. The summed E-state index contributed by atoms with van der Waals surface area (Å²) < 4.78 is 0. The highest BCUT2D eigenvalue weighted by molar-refractivity contribution is 5.78. The molecule has 1 aliphatic rings. The Bertz CT molecular complexity index is 212. The van der Waals surface area contributed by atoms with E-state index in [1.54, 1.807) is 0 Å². The molecule has 94 valence electrons. The number of hydrogen-bond donors (Lipinski definition) is 1. The Kier molecular flexibility index (Phi) is 5.77. The quantitative estimate of drug-likeness (QED) is 0.744. The van der Waals surface area contributed by atoms with Crippen LogP contribution in [0.4, 0.5) is 0 Å². The van der Waals surface area contributed by atoms with Crippen molar-refractivity contribution < 1.29 is 4.79 Å². The van der Waals surface area contributed by atoms with E-state index in [4.69, 9.17) is 0 Å². The molecule has 0 aromatic carbocycles. The Morgan fingerprint density at radius 2 is 2.00 bits per heavy atom. The van der Waals surface area contributed by atoms with Gasteiger partial charge in [-0.15, -0.1) is 0 Å². The predicted octanol–water partition coefficient (Wildman–Crippen LogP) is 0.539. The molecule has 1 aliphatic heterocycles. The van der Waals surface area contributed by atoms with Gasteiger partial charge in [-0.2, -0.15) is 0 Å². The molecule has 0 bridgehead atoms. The van der Waals surface area contributed by atoms with E-state index in [0.717, 1.165) is 39.1 Å². The van der Waals surface area contributed by atoms with E-state index in [1.807, 2.05) is 4.90 Å². The molecule has 1 N–H and O–H groups in total. The van der Waals surface area contributed by atoms with Gasteiger partial charge in [-0.05, 0) is 20.3 Å². The Morgan fingerprint density at radius 3 is 2.50 bits per heavy atom. The lowest BCUT2D eigenvalue weighted by molar-refractivity contribution is -0.134. The minimum atomic E-state index is 0.277. The number of hydrogen-bond acceptors (Lipinski definition) is 3. The van der Waals surface area contributed by atoms with Crippen LogP contribution in [0.1, 0.15) is 27.2 Å². The Balaban J connectivity index is 2.40. The number of carbonyl (C=O) groups excluding carboxylic acids is 1. The van der Waals surface area contributed by atoms with Crippen LogP contribution in [-0.4, -0.2) is 61.0 Å². The Morgan fingerprint density at radius 1 is 1.38 bits per heavy atom. The molecular formula is C12H25N3O. The van der Waals surface area contributed by atoms with Gasteiger partial charge in [0.05, 0.1) is 6.54 Å². The largest absolute Gasteiger partial charge is 0.339 e. The SMILES string of the molecule is CCCN(C(=O)CN1CCNCC1)C(C)C. The van der Waals surface area contributed by atoms with Crippen LogP contribution in [0.2, 0.25) is 0 Å². The molecule has 0 saturated carbocycles. The van der Waals surface area contributed by atoms with Crippen LogP contribution in [0.25, 0.3) is 0 Å². The lowest BCUT2D eigenvalue weighted by Crippen LogP contribution is -2.49. The summed E-state index contributed by atoms with van der Waals surface area (Å²) in [5.74, 6) is 0.277. The summed E-state index contributed by atoms with van der Waals surface area (Å²) in [5.41, 5.74) is 0. The molecule has 16 heavy (non-hydrogen) atoms. The fourth-order valence-electron chi connectivity index (χ4n) is 2.06. The summed E-state index contributed by atoms with van der Waals surface area (Å²) in [5, 5.41) is 3.30. The summed E-state index contributed by atoms with van der Waals surface area (Å²) in [7, 11) is 0. The molecule has 1 amide bonds. The monoisotopic (exact) mass is 227 g/mol. The zero-order chi connectivity index (χ0) is 12.0. The molecule has 1 rings (SSSR count). The molecule has 0 unspecified atom stereocenters. The second-order valence-corrected chi connectivity index (χ2v) is 4.71. The highest BCUT2D eigenvalue weighted by atomic mass is 16.2. The van der Waals surface area contributed by atoms with Crippen molar-refractivity contribution in [3.05, 3.63) is 0 Å². The average molecular weight is 227 g/mol. The van der Waals surface area contributed by atoms with Crippen molar-refractivity contribution in [2.75, 3.05) is 39.3 Å². The van der Waals surface area contributed by atoms with Crippen LogP contribution in [-0.2, 0) is 4.79 Å². The maximum atomic E-state index is 12.1. The van der Waals surface area contributed by atoms with Crippen LogP contribution in [0.3, 0.4) is 0 Å². The van der Waals surface area contributed by atoms with E-state index in [1.165, 1.54) is 0 Å². The lowest BCUT2D eigenvalue weighted by Gasteiger charge is -2.31. The summed E-state index contributed by atoms with van der Waals surface area (Å²) in [6, 6.07) is 0.315. The lowest BCUT2D eigenvalue weighted by atomic mass is 10.2. The molecule has 0 radical (unpaired) electrons. The third kappa shape index (κ3) is 4.10. The number of carbonyl (C=O) groups is 1.